The molecule has 1 fully saturated rings. The van der Waals surface area contributed by atoms with Gasteiger partial charge in [0.1, 0.15) is 6.54 Å². The normalized spacial score (nSPS) is 15.6. The third-order valence-electron chi connectivity index (χ3n) is 4.66. The van der Waals surface area contributed by atoms with Gasteiger partial charge < -0.3 is 20.4 Å². The third kappa shape index (κ3) is 6.97. The van der Waals surface area contributed by atoms with Crippen LogP contribution < -0.4 is 15.5 Å². The first-order valence-corrected chi connectivity index (χ1v) is 11.0. The number of carbonyl (C=O) groups is 1. The van der Waals surface area contributed by atoms with E-state index in [9.17, 15) is 4.79 Å². The molecule has 1 heterocycles. The van der Waals surface area contributed by atoms with Crippen LogP contribution in [0, 0.1) is 0 Å². The highest BCUT2D eigenvalue weighted by atomic mass is 32.2. The van der Waals surface area contributed by atoms with Crippen molar-refractivity contribution >= 4 is 29.3 Å². The lowest BCUT2D eigenvalue weighted by molar-refractivity contribution is -0.127. The number of thioether (sulfide) groups is 1. The summed E-state index contributed by atoms with van der Waals surface area (Å²) < 4.78 is 0. The summed E-state index contributed by atoms with van der Waals surface area (Å²) in [7, 11) is 3.50. The Morgan fingerprint density at radius 3 is 2.74 bits per heavy atom. The van der Waals surface area contributed by atoms with Crippen molar-refractivity contribution in [1.29, 1.82) is 0 Å². The third-order valence-corrected chi connectivity index (χ3v) is 5.28. The Balaban J connectivity index is 2.04. The highest BCUT2D eigenvalue weighted by Gasteiger charge is 2.15. The van der Waals surface area contributed by atoms with E-state index in [1.165, 1.54) is 24.1 Å². The number of nitrogens with one attached hydrogen (secondary N) is 2. The highest BCUT2D eigenvalue weighted by Crippen LogP contribution is 2.23. The second-order valence-corrected chi connectivity index (χ2v) is 8.01. The van der Waals surface area contributed by atoms with E-state index in [1.54, 1.807) is 30.8 Å². The van der Waals surface area contributed by atoms with Crippen molar-refractivity contribution in [1.82, 2.24) is 15.5 Å². The zero-order valence-corrected chi connectivity index (χ0v) is 17.8. The fourth-order valence-electron chi connectivity index (χ4n) is 2.97. The summed E-state index contributed by atoms with van der Waals surface area (Å²) in [5, 5.41) is 6.77. The van der Waals surface area contributed by atoms with Crippen molar-refractivity contribution in [3.63, 3.8) is 0 Å². The summed E-state index contributed by atoms with van der Waals surface area (Å²) in [4.78, 5) is 20.3. The topological polar surface area (TPSA) is 60.0 Å². The van der Waals surface area contributed by atoms with Crippen molar-refractivity contribution < 1.29 is 4.79 Å². The summed E-state index contributed by atoms with van der Waals surface area (Å²) >= 11 is 1.78. The van der Waals surface area contributed by atoms with Crippen molar-refractivity contribution in [3.05, 3.63) is 29.8 Å². The monoisotopic (exact) mass is 391 g/mol. The highest BCUT2D eigenvalue weighted by molar-refractivity contribution is 7.98. The largest absolute Gasteiger partial charge is 0.372 e. The molecule has 1 unspecified atom stereocenters. The lowest BCUT2D eigenvalue weighted by Gasteiger charge is -2.22. The van der Waals surface area contributed by atoms with E-state index in [1.807, 2.05) is 0 Å². The molecule has 0 aliphatic carbocycles. The Morgan fingerprint density at radius 1 is 1.33 bits per heavy atom. The second kappa shape index (κ2) is 11.1. The number of amides is 1. The predicted molar refractivity (Wildman–Crippen MR) is 117 cm³/mol. The molecule has 6 nitrogen and oxygen atoms in total. The fraction of sp³-hybridized carbons (Fsp3) is 0.600. The van der Waals surface area contributed by atoms with Gasteiger partial charge in [0, 0.05) is 45.2 Å². The van der Waals surface area contributed by atoms with Crippen LogP contribution in [0.15, 0.2) is 29.3 Å². The molecule has 7 heteroatoms. The Morgan fingerprint density at radius 2 is 2.07 bits per heavy atom. The molecule has 0 radical (unpaired) electrons. The SMILES string of the molecule is CSCCNC(=NCC(=O)N(C)C)NC(C)c1cccc(N2CCCC2)c1. The first kappa shape index (κ1) is 21.4. The summed E-state index contributed by atoms with van der Waals surface area (Å²) in [6.07, 6.45) is 4.62. The van der Waals surface area contributed by atoms with Crippen LogP contribution in [0.5, 0.6) is 0 Å². The summed E-state index contributed by atoms with van der Waals surface area (Å²) in [6.45, 7) is 5.36. The minimum Gasteiger partial charge on any atom is -0.372 e. The smallest absolute Gasteiger partial charge is 0.243 e. The van der Waals surface area contributed by atoms with Gasteiger partial charge in [-0.05, 0) is 43.7 Å². The quantitative estimate of drug-likeness (QED) is 0.405. The van der Waals surface area contributed by atoms with Crippen LogP contribution in [0.2, 0.25) is 0 Å². The molecule has 150 valence electrons. The summed E-state index contributed by atoms with van der Waals surface area (Å²) in [5.74, 6) is 1.66. The number of carbonyl (C=O) groups excluding carboxylic acids is 1. The number of benzene rings is 1. The van der Waals surface area contributed by atoms with Crippen LogP contribution in [-0.2, 0) is 4.79 Å². The molecule has 2 rings (SSSR count). The van der Waals surface area contributed by atoms with Crippen LogP contribution in [-0.4, -0.2) is 69.0 Å². The minimum atomic E-state index is -0.00958. The number of hydrogen-bond acceptors (Lipinski definition) is 4. The Labute approximate surface area is 167 Å². The number of anilines is 1. The lowest BCUT2D eigenvalue weighted by Crippen LogP contribution is -2.40. The van der Waals surface area contributed by atoms with E-state index in [-0.39, 0.29) is 18.5 Å². The maximum atomic E-state index is 11.9. The van der Waals surface area contributed by atoms with Gasteiger partial charge in [0.05, 0.1) is 6.04 Å². The predicted octanol–water partition coefficient (Wildman–Crippen LogP) is 2.33. The molecular formula is C20H33N5OS. The molecule has 1 aliphatic heterocycles. The first-order valence-electron chi connectivity index (χ1n) is 9.60. The summed E-state index contributed by atoms with van der Waals surface area (Å²) in [6, 6.07) is 8.80. The molecular weight excluding hydrogens is 358 g/mol. The van der Waals surface area contributed by atoms with Gasteiger partial charge in [-0.15, -0.1) is 0 Å². The van der Waals surface area contributed by atoms with Gasteiger partial charge in [0.2, 0.25) is 5.91 Å². The average Bonchev–Trinajstić information content (AvgIpc) is 3.20. The van der Waals surface area contributed by atoms with Crippen molar-refractivity contribution in [3.8, 4) is 0 Å². The van der Waals surface area contributed by atoms with Crippen LogP contribution in [0.3, 0.4) is 0 Å². The molecule has 1 saturated heterocycles. The second-order valence-electron chi connectivity index (χ2n) is 7.03. The number of rotatable bonds is 8. The van der Waals surface area contributed by atoms with Crippen molar-refractivity contribution in [2.45, 2.75) is 25.8 Å². The van der Waals surface area contributed by atoms with Gasteiger partial charge in [-0.1, -0.05) is 12.1 Å². The Hall–Kier alpha value is -1.89. The molecule has 1 atom stereocenters. The van der Waals surface area contributed by atoms with Gasteiger partial charge in [-0.2, -0.15) is 11.8 Å². The number of guanidine groups is 1. The van der Waals surface area contributed by atoms with Crippen LogP contribution >= 0.6 is 11.8 Å². The minimum absolute atomic E-state index is 0.00958. The molecule has 0 saturated carbocycles. The molecule has 1 amide bonds. The van der Waals surface area contributed by atoms with Gasteiger partial charge in [-0.25, -0.2) is 4.99 Å². The molecule has 1 aromatic rings. The van der Waals surface area contributed by atoms with Crippen LogP contribution in [0.1, 0.15) is 31.4 Å². The molecule has 1 aromatic carbocycles. The van der Waals surface area contributed by atoms with E-state index >= 15 is 0 Å². The van der Waals surface area contributed by atoms with Crippen LogP contribution in [0.4, 0.5) is 5.69 Å². The van der Waals surface area contributed by atoms with Gasteiger partial charge in [0.25, 0.3) is 0 Å². The number of hydrogen-bond donors (Lipinski definition) is 2. The standard InChI is InChI=1S/C20H33N5OS/c1-16(17-8-7-9-18(14-17)25-11-5-6-12-25)23-20(21-10-13-27-4)22-15-19(26)24(2)3/h7-9,14,16H,5-6,10-13,15H2,1-4H3,(H2,21,22,23). The molecule has 27 heavy (non-hydrogen) atoms. The van der Waals surface area contributed by atoms with Crippen molar-refractivity contribution in [2.75, 3.05) is 57.2 Å². The molecule has 2 N–H and O–H groups in total. The van der Waals surface area contributed by atoms with Crippen molar-refractivity contribution in [2.24, 2.45) is 4.99 Å². The fourth-order valence-corrected chi connectivity index (χ4v) is 3.27. The Bertz CT molecular complexity index is 629. The lowest BCUT2D eigenvalue weighted by atomic mass is 10.1. The zero-order chi connectivity index (χ0) is 19.6. The molecule has 0 bridgehead atoms. The molecule has 0 spiro atoms. The van der Waals surface area contributed by atoms with Crippen LogP contribution in [0.25, 0.3) is 0 Å². The average molecular weight is 392 g/mol. The molecule has 0 aromatic heterocycles. The first-order chi connectivity index (χ1) is 13.0. The Kier molecular flexibility index (Phi) is 8.78. The van der Waals surface area contributed by atoms with E-state index in [4.69, 9.17) is 0 Å². The van der Waals surface area contributed by atoms with Gasteiger partial charge in [0.15, 0.2) is 5.96 Å². The van der Waals surface area contributed by atoms with Gasteiger partial charge >= 0.3 is 0 Å². The maximum Gasteiger partial charge on any atom is 0.243 e. The van der Waals surface area contributed by atoms with E-state index in [2.05, 4.69) is 58.0 Å². The maximum absolute atomic E-state index is 11.9. The van der Waals surface area contributed by atoms with E-state index in [0.29, 0.717) is 5.96 Å². The molecule has 1 aliphatic rings. The zero-order valence-electron chi connectivity index (χ0n) is 17.0. The van der Waals surface area contributed by atoms with E-state index < -0.39 is 0 Å². The summed E-state index contributed by atoms with van der Waals surface area (Å²) in [5.41, 5.74) is 2.51. The van der Waals surface area contributed by atoms with Gasteiger partial charge in [-0.3, -0.25) is 4.79 Å². The van der Waals surface area contributed by atoms with E-state index in [0.717, 1.165) is 25.4 Å². The number of likely N-dealkylation sites (N-methyl/N-ethyl adjacent to an activating group) is 1. The number of aliphatic imine (C=N–C) groups is 1. The number of nitrogens with zero attached hydrogens (tertiary/aromatic N) is 3.